The lowest BCUT2D eigenvalue weighted by Gasteiger charge is -2.10. The zero-order chi connectivity index (χ0) is 15.0. The molecule has 1 fully saturated rings. The molecular formula is C16H17ClFN3. The molecule has 0 atom stereocenters. The van der Waals surface area contributed by atoms with Gasteiger partial charge in [0.25, 0.3) is 0 Å². The normalized spacial score (nSPS) is 14.3. The molecule has 1 saturated carbocycles. The molecule has 0 amide bonds. The molecule has 0 aliphatic heterocycles. The number of hydrogen-bond acceptors (Lipinski definition) is 3. The Hall–Kier alpha value is -1.68. The summed E-state index contributed by atoms with van der Waals surface area (Å²) in [4.78, 5) is 8.75. The molecule has 0 spiro atoms. The van der Waals surface area contributed by atoms with Crippen molar-refractivity contribution in [3.8, 4) is 0 Å². The highest BCUT2D eigenvalue weighted by atomic mass is 35.5. The highest BCUT2D eigenvalue weighted by Crippen LogP contribution is 2.38. The van der Waals surface area contributed by atoms with E-state index in [4.69, 9.17) is 11.6 Å². The largest absolute Gasteiger partial charge is 0.366 e. The van der Waals surface area contributed by atoms with E-state index in [0.717, 1.165) is 30.0 Å². The van der Waals surface area contributed by atoms with E-state index in [2.05, 4.69) is 15.3 Å². The van der Waals surface area contributed by atoms with Crippen LogP contribution >= 0.6 is 11.6 Å². The van der Waals surface area contributed by atoms with Gasteiger partial charge in [-0.3, -0.25) is 0 Å². The summed E-state index contributed by atoms with van der Waals surface area (Å²) in [6.45, 7) is 4.14. The Kier molecular flexibility index (Phi) is 3.81. The van der Waals surface area contributed by atoms with Gasteiger partial charge in [-0.25, -0.2) is 14.4 Å². The molecule has 2 aromatic rings. The predicted octanol–water partition coefficient (Wildman–Crippen LogP) is 4.38. The van der Waals surface area contributed by atoms with Crippen molar-refractivity contribution in [2.24, 2.45) is 0 Å². The second-order valence-corrected chi connectivity index (χ2v) is 5.99. The fourth-order valence-electron chi connectivity index (χ4n) is 2.38. The second kappa shape index (κ2) is 5.60. The number of hydrogen-bond donors (Lipinski definition) is 1. The van der Waals surface area contributed by atoms with E-state index in [1.54, 1.807) is 19.9 Å². The van der Waals surface area contributed by atoms with Crippen LogP contribution < -0.4 is 5.32 Å². The maximum atomic E-state index is 13.6. The van der Waals surface area contributed by atoms with Crippen LogP contribution in [0.4, 0.5) is 10.2 Å². The van der Waals surface area contributed by atoms with Crippen molar-refractivity contribution in [2.75, 3.05) is 5.32 Å². The molecule has 1 aliphatic rings. The van der Waals surface area contributed by atoms with Crippen LogP contribution in [0.2, 0.25) is 5.15 Å². The van der Waals surface area contributed by atoms with Gasteiger partial charge in [0.05, 0.1) is 0 Å². The lowest BCUT2D eigenvalue weighted by Crippen LogP contribution is -2.05. The second-order valence-electron chi connectivity index (χ2n) is 5.61. The molecule has 0 radical (unpaired) electrons. The Morgan fingerprint density at radius 1 is 1.19 bits per heavy atom. The summed E-state index contributed by atoms with van der Waals surface area (Å²) in [5.74, 6) is 1.85. The topological polar surface area (TPSA) is 37.8 Å². The summed E-state index contributed by atoms with van der Waals surface area (Å²) in [7, 11) is 0. The van der Waals surface area contributed by atoms with Gasteiger partial charge in [-0.2, -0.15) is 0 Å². The molecule has 0 unspecified atom stereocenters. The van der Waals surface area contributed by atoms with Gasteiger partial charge in [0.1, 0.15) is 22.6 Å². The average molecular weight is 306 g/mol. The summed E-state index contributed by atoms with van der Waals surface area (Å²) in [5.41, 5.74) is 2.34. The number of aryl methyl sites for hydroxylation is 2. The standard InChI is InChI=1S/C16H17ClFN3/c1-9-5-11(6-10(2)15(9)18)8-19-14-7-13(17)20-16(21-14)12-3-4-12/h5-7,12H,3-4,8H2,1-2H3,(H,19,20,21). The highest BCUT2D eigenvalue weighted by molar-refractivity contribution is 6.29. The lowest BCUT2D eigenvalue weighted by molar-refractivity contribution is 0.608. The molecule has 1 aliphatic carbocycles. The van der Waals surface area contributed by atoms with E-state index in [0.29, 0.717) is 28.7 Å². The first-order chi connectivity index (χ1) is 10.0. The molecule has 0 bridgehead atoms. The van der Waals surface area contributed by atoms with Crippen LogP contribution in [0.25, 0.3) is 0 Å². The summed E-state index contributed by atoms with van der Waals surface area (Å²) in [6.07, 6.45) is 2.27. The average Bonchev–Trinajstić information content (AvgIpc) is 3.26. The van der Waals surface area contributed by atoms with Crippen molar-refractivity contribution >= 4 is 17.4 Å². The van der Waals surface area contributed by atoms with Gasteiger partial charge < -0.3 is 5.32 Å². The Morgan fingerprint density at radius 2 is 1.86 bits per heavy atom. The smallest absolute Gasteiger partial charge is 0.135 e. The SMILES string of the molecule is Cc1cc(CNc2cc(Cl)nc(C3CC3)n2)cc(C)c1F. The minimum absolute atomic E-state index is 0.139. The maximum absolute atomic E-state index is 13.6. The summed E-state index contributed by atoms with van der Waals surface area (Å²) in [5, 5.41) is 3.70. The van der Waals surface area contributed by atoms with Crippen molar-refractivity contribution < 1.29 is 4.39 Å². The predicted molar refractivity (Wildman–Crippen MR) is 82.2 cm³/mol. The Labute approximate surface area is 128 Å². The van der Waals surface area contributed by atoms with Gasteiger partial charge in [-0.05, 0) is 43.4 Å². The molecule has 1 N–H and O–H groups in total. The molecule has 1 aromatic carbocycles. The number of anilines is 1. The Bertz CT molecular complexity index is 660. The van der Waals surface area contributed by atoms with Crippen LogP contribution in [0, 0.1) is 19.7 Å². The van der Waals surface area contributed by atoms with Gasteiger partial charge in [0.2, 0.25) is 0 Å². The number of benzene rings is 1. The van der Waals surface area contributed by atoms with Crippen molar-refractivity contribution in [3.63, 3.8) is 0 Å². The van der Waals surface area contributed by atoms with E-state index in [1.807, 2.05) is 12.1 Å². The third-order valence-corrected chi connectivity index (χ3v) is 3.82. The van der Waals surface area contributed by atoms with Crippen LogP contribution in [-0.4, -0.2) is 9.97 Å². The van der Waals surface area contributed by atoms with Gasteiger partial charge in [0.15, 0.2) is 0 Å². The van der Waals surface area contributed by atoms with E-state index in [1.165, 1.54) is 0 Å². The van der Waals surface area contributed by atoms with Crippen molar-refractivity contribution in [2.45, 2.75) is 39.2 Å². The van der Waals surface area contributed by atoms with Crippen LogP contribution in [0.3, 0.4) is 0 Å². The number of nitrogens with zero attached hydrogens (tertiary/aromatic N) is 2. The minimum atomic E-state index is -0.139. The fraction of sp³-hybridized carbons (Fsp3) is 0.375. The molecule has 5 heteroatoms. The third-order valence-electron chi connectivity index (χ3n) is 3.62. The van der Waals surface area contributed by atoms with E-state index < -0.39 is 0 Å². The highest BCUT2D eigenvalue weighted by Gasteiger charge is 2.27. The van der Waals surface area contributed by atoms with Crippen LogP contribution in [0.1, 0.15) is 41.3 Å². The van der Waals surface area contributed by atoms with Gasteiger partial charge in [0, 0.05) is 18.5 Å². The van der Waals surface area contributed by atoms with Gasteiger partial charge in [-0.1, -0.05) is 23.7 Å². The first-order valence-corrected chi connectivity index (χ1v) is 7.44. The maximum Gasteiger partial charge on any atom is 0.135 e. The Balaban J connectivity index is 1.75. The van der Waals surface area contributed by atoms with Crippen LogP contribution in [0.15, 0.2) is 18.2 Å². The number of rotatable bonds is 4. The lowest BCUT2D eigenvalue weighted by atomic mass is 10.1. The molecule has 1 aromatic heterocycles. The number of aromatic nitrogens is 2. The Morgan fingerprint density at radius 3 is 2.48 bits per heavy atom. The quantitative estimate of drug-likeness (QED) is 0.852. The minimum Gasteiger partial charge on any atom is -0.366 e. The van der Waals surface area contributed by atoms with E-state index >= 15 is 0 Å². The van der Waals surface area contributed by atoms with Crippen molar-refractivity contribution in [1.82, 2.24) is 9.97 Å². The zero-order valence-electron chi connectivity index (χ0n) is 12.1. The molecule has 0 saturated heterocycles. The third kappa shape index (κ3) is 3.32. The number of nitrogens with one attached hydrogen (secondary N) is 1. The first-order valence-electron chi connectivity index (χ1n) is 7.07. The van der Waals surface area contributed by atoms with Crippen LogP contribution in [-0.2, 0) is 6.54 Å². The molecule has 3 rings (SSSR count). The first kappa shape index (κ1) is 14.3. The van der Waals surface area contributed by atoms with Crippen LogP contribution in [0.5, 0.6) is 0 Å². The monoisotopic (exact) mass is 305 g/mol. The molecular weight excluding hydrogens is 289 g/mol. The van der Waals surface area contributed by atoms with Crippen molar-refractivity contribution in [3.05, 3.63) is 51.7 Å². The molecule has 21 heavy (non-hydrogen) atoms. The molecule has 3 nitrogen and oxygen atoms in total. The summed E-state index contributed by atoms with van der Waals surface area (Å²) in [6, 6.07) is 5.41. The van der Waals surface area contributed by atoms with E-state index in [9.17, 15) is 4.39 Å². The summed E-state index contributed by atoms with van der Waals surface area (Å²) >= 11 is 6.03. The van der Waals surface area contributed by atoms with E-state index in [-0.39, 0.29) is 5.82 Å². The molecule has 1 heterocycles. The van der Waals surface area contributed by atoms with Gasteiger partial charge in [-0.15, -0.1) is 0 Å². The summed E-state index contributed by atoms with van der Waals surface area (Å²) < 4.78 is 13.6. The fourth-order valence-corrected chi connectivity index (χ4v) is 2.57. The van der Waals surface area contributed by atoms with Crippen molar-refractivity contribution in [1.29, 1.82) is 0 Å². The zero-order valence-corrected chi connectivity index (χ0v) is 12.8. The number of halogens is 2. The molecule has 110 valence electrons. The van der Waals surface area contributed by atoms with Gasteiger partial charge >= 0.3 is 0 Å².